The minimum absolute atomic E-state index is 0.197. The summed E-state index contributed by atoms with van der Waals surface area (Å²) in [6.45, 7) is 5.27. The highest BCUT2D eigenvalue weighted by molar-refractivity contribution is 5.77. The summed E-state index contributed by atoms with van der Waals surface area (Å²) < 4.78 is 1.49. The lowest BCUT2D eigenvalue weighted by molar-refractivity contribution is 0.238. The molecule has 0 saturated heterocycles. The van der Waals surface area contributed by atoms with Crippen LogP contribution in [0.5, 0.6) is 0 Å². The monoisotopic (exact) mass is 361 g/mol. The smallest absolute Gasteiger partial charge is 0.342 e. The fraction of sp³-hybridized carbons (Fsp3) is 0.286. The first-order valence-corrected chi connectivity index (χ1v) is 9.19. The Balaban J connectivity index is 1.49. The van der Waals surface area contributed by atoms with Crippen LogP contribution < -0.4 is 10.6 Å². The zero-order valence-corrected chi connectivity index (χ0v) is 15.6. The summed E-state index contributed by atoms with van der Waals surface area (Å²) in [5.74, 6) is 1.31. The molecule has 0 radical (unpaired) electrons. The first-order chi connectivity index (χ1) is 13.1. The molecule has 3 aromatic rings. The van der Waals surface area contributed by atoms with Gasteiger partial charge < -0.3 is 10.6 Å². The number of benzene rings is 1. The van der Waals surface area contributed by atoms with Gasteiger partial charge in [-0.3, -0.25) is 0 Å². The number of carbonyl (C=O) groups is 1. The molecule has 1 amide bonds. The number of hydrogen-bond donors (Lipinski definition) is 2. The third-order valence-electron chi connectivity index (χ3n) is 5.17. The van der Waals surface area contributed by atoms with Crippen molar-refractivity contribution in [1.82, 2.24) is 20.1 Å². The van der Waals surface area contributed by atoms with Crippen LogP contribution in [0.2, 0.25) is 0 Å². The van der Waals surface area contributed by atoms with Crippen LogP contribution in [0.1, 0.15) is 34.0 Å². The first-order valence-electron chi connectivity index (χ1n) is 9.19. The van der Waals surface area contributed by atoms with Gasteiger partial charge in [-0.15, -0.1) is 0 Å². The Morgan fingerprint density at radius 2 is 2.04 bits per heavy atom. The van der Waals surface area contributed by atoms with E-state index in [4.69, 9.17) is 0 Å². The second-order valence-electron chi connectivity index (χ2n) is 6.93. The average Bonchev–Trinajstić information content (AvgIpc) is 3.23. The number of nitrogens with zero attached hydrogens (tertiary/aromatic N) is 3. The van der Waals surface area contributed by atoms with Crippen molar-refractivity contribution in [3.63, 3.8) is 0 Å². The maximum Gasteiger partial charge on any atom is 0.342 e. The zero-order chi connectivity index (χ0) is 18.8. The van der Waals surface area contributed by atoms with Gasteiger partial charge in [0, 0.05) is 30.9 Å². The molecule has 27 heavy (non-hydrogen) atoms. The van der Waals surface area contributed by atoms with Gasteiger partial charge in [-0.05, 0) is 43.0 Å². The highest BCUT2D eigenvalue weighted by Crippen LogP contribution is 2.33. The van der Waals surface area contributed by atoms with Gasteiger partial charge in [0.05, 0.1) is 5.69 Å². The molecule has 0 bridgehead atoms. The lowest BCUT2D eigenvalue weighted by Crippen LogP contribution is -2.29. The van der Waals surface area contributed by atoms with Crippen molar-refractivity contribution >= 4 is 11.8 Å². The molecule has 0 fully saturated rings. The molecule has 1 aromatic carbocycles. The standard InChI is InChI=1S/C21H23N5O/c1-14-19(11-17-13-23-20-18(17)9-6-10-22-20)15(2)26(25-14)21(27)24-12-16-7-4-3-5-8-16/h3-10,17H,11-13H2,1-2H3,(H,22,23)(H,24,27). The molecule has 1 aliphatic heterocycles. The first kappa shape index (κ1) is 17.3. The van der Waals surface area contributed by atoms with E-state index in [1.807, 2.05) is 50.2 Å². The minimum Gasteiger partial charge on any atom is -0.369 e. The summed E-state index contributed by atoms with van der Waals surface area (Å²) in [5.41, 5.74) is 5.23. The Hall–Kier alpha value is -3.15. The summed E-state index contributed by atoms with van der Waals surface area (Å²) in [5, 5.41) is 10.8. The lowest BCUT2D eigenvalue weighted by Gasteiger charge is -2.11. The Bertz CT molecular complexity index is 964. The van der Waals surface area contributed by atoms with E-state index in [1.165, 1.54) is 10.2 Å². The van der Waals surface area contributed by atoms with Crippen LogP contribution in [0.4, 0.5) is 10.6 Å². The van der Waals surface area contributed by atoms with E-state index >= 15 is 0 Å². The van der Waals surface area contributed by atoms with Crippen LogP contribution in [-0.4, -0.2) is 27.3 Å². The highest BCUT2D eigenvalue weighted by atomic mass is 16.2. The molecule has 0 aliphatic carbocycles. The number of carbonyl (C=O) groups excluding carboxylic acids is 1. The average molecular weight is 361 g/mol. The number of fused-ring (bicyclic) bond motifs is 1. The Labute approximate surface area is 158 Å². The van der Waals surface area contributed by atoms with Crippen LogP contribution in [0, 0.1) is 13.8 Å². The van der Waals surface area contributed by atoms with E-state index in [-0.39, 0.29) is 6.03 Å². The number of amides is 1. The second kappa shape index (κ2) is 7.23. The molecule has 4 rings (SSSR count). The molecular weight excluding hydrogens is 338 g/mol. The molecule has 0 spiro atoms. The van der Waals surface area contributed by atoms with Crippen molar-refractivity contribution in [3.8, 4) is 0 Å². The van der Waals surface area contributed by atoms with Crippen LogP contribution in [-0.2, 0) is 13.0 Å². The number of aryl methyl sites for hydroxylation is 1. The van der Waals surface area contributed by atoms with Gasteiger partial charge in [0.25, 0.3) is 0 Å². The highest BCUT2D eigenvalue weighted by Gasteiger charge is 2.26. The van der Waals surface area contributed by atoms with Gasteiger partial charge in [-0.25, -0.2) is 9.78 Å². The van der Waals surface area contributed by atoms with Crippen LogP contribution in [0.15, 0.2) is 48.7 Å². The summed E-state index contributed by atoms with van der Waals surface area (Å²) in [6, 6.07) is 13.8. The van der Waals surface area contributed by atoms with E-state index in [1.54, 1.807) is 6.20 Å². The van der Waals surface area contributed by atoms with E-state index in [0.717, 1.165) is 41.3 Å². The van der Waals surface area contributed by atoms with Crippen molar-refractivity contribution in [2.75, 3.05) is 11.9 Å². The second-order valence-corrected chi connectivity index (χ2v) is 6.93. The SMILES string of the molecule is Cc1nn(C(=O)NCc2ccccc2)c(C)c1CC1CNc2ncccc21. The molecule has 138 valence electrons. The van der Waals surface area contributed by atoms with Crippen LogP contribution in [0.25, 0.3) is 0 Å². The summed E-state index contributed by atoms with van der Waals surface area (Å²) >= 11 is 0. The molecule has 6 heteroatoms. The number of hydrogen-bond acceptors (Lipinski definition) is 4. The predicted octanol–water partition coefficient (Wildman–Crippen LogP) is 3.40. The third-order valence-corrected chi connectivity index (χ3v) is 5.17. The Morgan fingerprint density at radius 3 is 2.85 bits per heavy atom. The normalized spacial score (nSPS) is 15.3. The van der Waals surface area contributed by atoms with Gasteiger partial charge in [0.1, 0.15) is 5.82 Å². The summed E-state index contributed by atoms with van der Waals surface area (Å²) in [6.07, 6.45) is 2.65. The summed E-state index contributed by atoms with van der Waals surface area (Å²) in [7, 11) is 0. The molecular formula is C21H23N5O. The molecule has 0 saturated carbocycles. The molecule has 3 heterocycles. The maximum atomic E-state index is 12.6. The fourth-order valence-electron chi connectivity index (χ4n) is 3.67. The summed E-state index contributed by atoms with van der Waals surface area (Å²) in [4.78, 5) is 17.0. The largest absolute Gasteiger partial charge is 0.369 e. The topological polar surface area (TPSA) is 71.8 Å². The maximum absolute atomic E-state index is 12.6. The van der Waals surface area contributed by atoms with Gasteiger partial charge in [0.2, 0.25) is 0 Å². The van der Waals surface area contributed by atoms with Crippen molar-refractivity contribution in [1.29, 1.82) is 0 Å². The van der Waals surface area contributed by atoms with E-state index in [2.05, 4.69) is 26.8 Å². The fourth-order valence-corrected chi connectivity index (χ4v) is 3.67. The number of pyridine rings is 1. The molecule has 1 unspecified atom stereocenters. The predicted molar refractivity (Wildman–Crippen MR) is 105 cm³/mol. The van der Waals surface area contributed by atoms with Crippen LogP contribution >= 0.6 is 0 Å². The van der Waals surface area contributed by atoms with Crippen molar-refractivity contribution in [3.05, 3.63) is 76.7 Å². The third kappa shape index (κ3) is 3.43. The molecule has 2 N–H and O–H groups in total. The number of rotatable bonds is 4. The van der Waals surface area contributed by atoms with Gasteiger partial charge in [-0.2, -0.15) is 9.78 Å². The van der Waals surface area contributed by atoms with Gasteiger partial charge >= 0.3 is 6.03 Å². The number of anilines is 1. The van der Waals surface area contributed by atoms with Crippen LogP contribution in [0.3, 0.4) is 0 Å². The van der Waals surface area contributed by atoms with Crippen molar-refractivity contribution in [2.24, 2.45) is 0 Å². The van der Waals surface area contributed by atoms with Crippen molar-refractivity contribution in [2.45, 2.75) is 32.7 Å². The molecule has 1 atom stereocenters. The molecule has 6 nitrogen and oxygen atoms in total. The van der Waals surface area contributed by atoms with Gasteiger partial charge in [0.15, 0.2) is 0 Å². The Kier molecular flexibility index (Phi) is 4.62. The quantitative estimate of drug-likeness (QED) is 0.747. The van der Waals surface area contributed by atoms with E-state index in [0.29, 0.717) is 12.5 Å². The number of aromatic nitrogens is 3. The molecule has 1 aliphatic rings. The lowest BCUT2D eigenvalue weighted by atomic mass is 9.94. The van der Waals surface area contributed by atoms with Gasteiger partial charge in [-0.1, -0.05) is 36.4 Å². The Morgan fingerprint density at radius 1 is 1.22 bits per heavy atom. The molecule has 2 aromatic heterocycles. The van der Waals surface area contributed by atoms with E-state index in [9.17, 15) is 4.79 Å². The minimum atomic E-state index is -0.197. The van der Waals surface area contributed by atoms with Crippen molar-refractivity contribution < 1.29 is 4.79 Å². The number of nitrogens with one attached hydrogen (secondary N) is 2. The zero-order valence-electron chi connectivity index (χ0n) is 15.6. The van der Waals surface area contributed by atoms with E-state index < -0.39 is 0 Å².